The summed E-state index contributed by atoms with van der Waals surface area (Å²) >= 11 is 1.62. The predicted molar refractivity (Wildman–Crippen MR) is 122 cm³/mol. The Morgan fingerprint density at radius 3 is 2.35 bits per heavy atom. The number of hydrogen-bond donors (Lipinski definition) is 0. The van der Waals surface area contributed by atoms with E-state index in [4.69, 9.17) is 9.47 Å². The van der Waals surface area contributed by atoms with Gasteiger partial charge >= 0.3 is 0 Å². The number of aromatic nitrogens is 5. The third-order valence-corrected chi connectivity index (χ3v) is 5.79. The summed E-state index contributed by atoms with van der Waals surface area (Å²) in [6.07, 6.45) is 3.83. The van der Waals surface area contributed by atoms with Crippen LogP contribution in [0.15, 0.2) is 66.1 Å². The Morgan fingerprint density at radius 1 is 0.935 bits per heavy atom. The Hall–Kier alpha value is -3.26. The Labute approximate surface area is 186 Å². The molecule has 7 nitrogen and oxygen atoms in total. The second-order valence-corrected chi connectivity index (χ2v) is 7.66. The van der Waals surface area contributed by atoms with Gasteiger partial charge in [0.1, 0.15) is 17.3 Å². The molecule has 0 amide bonds. The number of thioether (sulfide) groups is 1. The van der Waals surface area contributed by atoms with Crippen LogP contribution in [0.1, 0.15) is 19.7 Å². The van der Waals surface area contributed by atoms with E-state index >= 15 is 0 Å². The molecule has 0 bridgehead atoms. The monoisotopic (exact) mass is 435 g/mol. The van der Waals surface area contributed by atoms with Crippen LogP contribution >= 0.6 is 11.8 Å². The molecule has 2 heterocycles. The van der Waals surface area contributed by atoms with Crippen LogP contribution in [-0.2, 0) is 12.3 Å². The number of imidazole rings is 1. The Balaban J connectivity index is 1.71. The number of nitrogens with zero attached hydrogens (tertiary/aromatic N) is 5. The zero-order chi connectivity index (χ0) is 21.6. The molecule has 8 heteroatoms. The van der Waals surface area contributed by atoms with E-state index in [-0.39, 0.29) is 0 Å². The van der Waals surface area contributed by atoms with Crippen molar-refractivity contribution in [2.75, 3.05) is 13.7 Å². The van der Waals surface area contributed by atoms with Gasteiger partial charge in [-0.25, -0.2) is 4.98 Å². The number of hydrogen-bond acceptors (Lipinski definition) is 6. The van der Waals surface area contributed by atoms with Gasteiger partial charge in [-0.3, -0.25) is 4.57 Å². The Morgan fingerprint density at radius 2 is 1.68 bits per heavy atom. The van der Waals surface area contributed by atoms with Gasteiger partial charge in [0.25, 0.3) is 0 Å². The van der Waals surface area contributed by atoms with Crippen LogP contribution < -0.4 is 9.47 Å². The van der Waals surface area contributed by atoms with E-state index in [9.17, 15) is 0 Å². The molecule has 31 heavy (non-hydrogen) atoms. The van der Waals surface area contributed by atoms with Crippen molar-refractivity contribution in [1.82, 2.24) is 24.3 Å². The fourth-order valence-electron chi connectivity index (χ4n) is 3.28. The van der Waals surface area contributed by atoms with Crippen LogP contribution in [0.4, 0.5) is 0 Å². The first-order chi connectivity index (χ1) is 15.2. The molecule has 160 valence electrons. The SMILES string of the molecule is CCOc1ccc(-n2c(SCc3nccn3CC)nnc2-c2ccc(OC)cc2)cc1. The van der Waals surface area contributed by atoms with Crippen LogP contribution in [0.25, 0.3) is 17.1 Å². The summed E-state index contributed by atoms with van der Waals surface area (Å²) in [6, 6.07) is 15.8. The largest absolute Gasteiger partial charge is 0.497 e. The molecule has 0 saturated carbocycles. The maximum atomic E-state index is 5.60. The molecule has 0 aliphatic carbocycles. The predicted octanol–water partition coefficient (Wildman–Crippen LogP) is 4.85. The summed E-state index contributed by atoms with van der Waals surface area (Å²) in [5.41, 5.74) is 1.93. The van der Waals surface area contributed by atoms with E-state index < -0.39 is 0 Å². The van der Waals surface area contributed by atoms with Gasteiger partial charge in [0.15, 0.2) is 11.0 Å². The minimum Gasteiger partial charge on any atom is -0.497 e. The fraction of sp³-hybridized carbons (Fsp3) is 0.261. The Kier molecular flexibility index (Phi) is 6.57. The van der Waals surface area contributed by atoms with Crippen molar-refractivity contribution in [1.29, 1.82) is 0 Å². The zero-order valence-corrected chi connectivity index (χ0v) is 18.7. The summed E-state index contributed by atoms with van der Waals surface area (Å²) in [5.74, 6) is 4.13. The maximum Gasteiger partial charge on any atom is 0.196 e. The van der Waals surface area contributed by atoms with Crippen molar-refractivity contribution in [2.24, 2.45) is 0 Å². The van der Waals surface area contributed by atoms with E-state index in [1.165, 1.54) is 0 Å². The van der Waals surface area contributed by atoms with Gasteiger partial charge in [0, 0.05) is 30.2 Å². The molecule has 0 N–H and O–H groups in total. The summed E-state index contributed by atoms with van der Waals surface area (Å²) in [6.45, 7) is 5.61. The summed E-state index contributed by atoms with van der Waals surface area (Å²) in [5, 5.41) is 9.82. The number of methoxy groups -OCH3 is 1. The van der Waals surface area contributed by atoms with E-state index in [2.05, 4.69) is 31.2 Å². The summed E-state index contributed by atoms with van der Waals surface area (Å²) in [7, 11) is 1.66. The maximum absolute atomic E-state index is 5.60. The molecule has 0 aliphatic rings. The normalized spacial score (nSPS) is 10.9. The lowest BCUT2D eigenvalue weighted by atomic mass is 10.2. The van der Waals surface area contributed by atoms with Gasteiger partial charge in [-0.2, -0.15) is 0 Å². The quantitative estimate of drug-likeness (QED) is 0.350. The summed E-state index contributed by atoms with van der Waals surface area (Å²) in [4.78, 5) is 4.47. The molecule has 0 spiro atoms. The number of rotatable bonds is 9. The van der Waals surface area contributed by atoms with Crippen LogP contribution in [0.2, 0.25) is 0 Å². The van der Waals surface area contributed by atoms with Gasteiger partial charge < -0.3 is 14.0 Å². The van der Waals surface area contributed by atoms with E-state index in [0.29, 0.717) is 12.4 Å². The van der Waals surface area contributed by atoms with Gasteiger partial charge in [0.2, 0.25) is 0 Å². The van der Waals surface area contributed by atoms with Crippen molar-refractivity contribution in [2.45, 2.75) is 31.3 Å². The molecule has 2 aromatic heterocycles. The molecule has 2 aromatic carbocycles. The lowest BCUT2D eigenvalue weighted by Gasteiger charge is -2.12. The van der Waals surface area contributed by atoms with Crippen LogP contribution in [0.5, 0.6) is 11.5 Å². The molecule has 4 aromatic rings. The van der Waals surface area contributed by atoms with Crippen molar-refractivity contribution >= 4 is 11.8 Å². The van der Waals surface area contributed by atoms with Crippen molar-refractivity contribution in [3.8, 4) is 28.6 Å². The fourth-order valence-corrected chi connectivity index (χ4v) is 4.20. The highest BCUT2D eigenvalue weighted by Gasteiger charge is 2.17. The minimum atomic E-state index is 0.633. The number of aryl methyl sites for hydroxylation is 1. The highest BCUT2D eigenvalue weighted by atomic mass is 32.2. The smallest absolute Gasteiger partial charge is 0.196 e. The first-order valence-electron chi connectivity index (χ1n) is 10.2. The first-order valence-corrected chi connectivity index (χ1v) is 11.2. The van der Waals surface area contributed by atoms with Gasteiger partial charge in [0.05, 0.1) is 19.5 Å². The zero-order valence-electron chi connectivity index (χ0n) is 17.9. The van der Waals surface area contributed by atoms with Gasteiger partial charge in [-0.05, 0) is 62.4 Å². The first kappa shape index (κ1) is 21.0. The molecule has 0 unspecified atom stereocenters. The van der Waals surface area contributed by atoms with Crippen molar-refractivity contribution in [3.05, 3.63) is 66.7 Å². The standard InChI is InChI=1S/C23H25N5O2S/c1-4-27-15-14-24-21(27)16-31-23-26-25-22(17-6-10-19(29-3)11-7-17)28(23)18-8-12-20(13-9-18)30-5-2/h6-15H,4-5,16H2,1-3H3. The number of benzene rings is 2. The molecule has 0 radical (unpaired) electrons. The molecule has 0 saturated heterocycles. The average Bonchev–Trinajstić information content (AvgIpc) is 3.45. The van der Waals surface area contributed by atoms with Crippen LogP contribution in [0.3, 0.4) is 0 Å². The van der Waals surface area contributed by atoms with E-state index in [0.717, 1.165) is 46.1 Å². The lowest BCUT2D eigenvalue weighted by molar-refractivity contribution is 0.340. The Bertz CT molecular complexity index is 1120. The molecule has 4 rings (SSSR count). The summed E-state index contributed by atoms with van der Waals surface area (Å²) < 4.78 is 15.1. The molecule has 0 fully saturated rings. The second-order valence-electron chi connectivity index (χ2n) is 6.72. The van der Waals surface area contributed by atoms with Gasteiger partial charge in [-0.15, -0.1) is 10.2 Å². The highest BCUT2D eigenvalue weighted by Crippen LogP contribution is 2.31. The highest BCUT2D eigenvalue weighted by molar-refractivity contribution is 7.98. The van der Waals surface area contributed by atoms with Gasteiger partial charge in [-0.1, -0.05) is 11.8 Å². The third-order valence-electron chi connectivity index (χ3n) is 4.86. The van der Waals surface area contributed by atoms with Crippen LogP contribution in [-0.4, -0.2) is 38.0 Å². The van der Waals surface area contributed by atoms with E-state index in [1.54, 1.807) is 18.9 Å². The third kappa shape index (κ3) is 4.59. The lowest BCUT2D eigenvalue weighted by Crippen LogP contribution is -2.02. The van der Waals surface area contributed by atoms with E-state index in [1.807, 2.05) is 67.8 Å². The molecular formula is C23H25N5O2S. The van der Waals surface area contributed by atoms with Crippen molar-refractivity contribution < 1.29 is 9.47 Å². The minimum absolute atomic E-state index is 0.633. The molecule has 0 atom stereocenters. The topological polar surface area (TPSA) is 67.0 Å². The van der Waals surface area contributed by atoms with Crippen molar-refractivity contribution in [3.63, 3.8) is 0 Å². The average molecular weight is 436 g/mol. The number of ether oxygens (including phenoxy) is 2. The van der Waals surface area contributed by atoms with Crippen LogP contribution in [0, 0.1) is 0 Å². The molecule has 0 aliphatic heterocycles. The molecular weight excluding hydrogens is 410 g/mol. The second kappa shape index (κ2) is 9.70.